The molecule has 0 amide bonds. The summed E-state index contributed by atoms with van der Waals surface area (Å²) in [6.07, 6.45) is 0. The highest BCUT2D eigenvalue weighted by Gasteiger charge is 2.63. The van der Waals surface area contributed by atoms with Crippen LogP contribution < -0.4 is 0 Å². The molecule has 0 unspecified atom stereocenters. The maximum atomic E-state index is 12.7. The number of rotatable bonds is 0. The molecule has 0 aliphatic heterocycles. The number of carbonyl (C=O) groups excluding carboxylic acids is 2. The van der Waals surface area contributed by atoms with Crippen LogP contribution in [0.1, 0.15) is 23.0 Å². The number of carbonyl (C=O) groups is 2. The zero-order valence-corrected chi connectivity index (χ0v) is 14.5. The van der Waals surface area contributed by atoms with Gasteiger partial charge in [-0.1, -0.05) is 36.4 Å². The van der Waals surface area contributed by atoms with Crippen molar-refractivity contribution in [1.29, 1.82) is 0 Å². The average molecular weight is 418 g/mol. The van der Waals surface area contributed by atoms with E-state index in [0.717, 1.165) is 0 Å². The summed E-state index contributed by atoms with van der Waals surface area (Å²) in [4.78, 5) is 25.3. The lowest BCUT2D eigenvalue weighted by Crippen LogP contribution is -2.52. The van der Waals surface area contributed by atoms with Crippen molar-refractivity contribution in [3.05, 3.63) is 56.5 Å². The minimum atomic E-state index is -0.217. The van der Waals surface area contributed by atoms with Crippen molar-refractivity contribution in [1.82, 2.24) is 0 Å². The molecule has 4 heteroatoms. The van der Waals surface area contributed by atoms with Crippen LogP contribution in [-0.2, 0) is 9.59 Å². The van der Waals surface area contributed by atoms with Gasteiger partial charge in [0.05, 0.1) is 8.96 Å². The first kappa shape index (κ1) is 13.2. The number of hydrogen-bond donors (Lipinski definition) is 0. The summed E-state index contributed by atoms with van der Waals surface area (Å²) in [5.74, 6) is -0.0196. The summed E-state index contributed by atoms with van der Waals surface area (Å²) in [5, 5.41) is 2.45. The second-order valence-electron chi connectivity index (χ2n) is 6.25. The molecule has 0 aromatic heterocycles. The Kier molecular flexibility index (Phi) is 2.51. The highest BCUT2D eigenvalue weighted by atomic mass is 79.9. The van der Waals surface area contributed by atoms with Gasteiger partial charge in [-0.2, -0.15) is 0 Å². The van der Waals surface area contributed by atoms with Gasteiger partial charge in [-0.05, 0) is 53.8 Å². The van der Waals surface area contributed by atoms with Gasteiger partial charge < -0.3 is 0 Å². The first-order chi connectivity index (χ1) is 10.6. The Morgan fingerprint density at radius 2 is 1.14 bits per heavy atom. The maximum Gasteiger partial charge on any atom is 0.175 e. The molecule has 2 nitrogen and oxygen atoms in total. The van der Waals surface area contributed by atoms with E-state index in [1.807, 2.05) is 12.1 Å². The number of allylic oxidation sites excluding steroid dienone is 2. The van der Waals surface area contributed by atoms with E-state index in [-0.39, 0.29) is 35.2 Å². The molecule has 0 radical (unpaired) electrons. The zero-order chi connectivity index (χ0) is 15.2. The highest BCUT2D eigenvalue weighted by molar-refractivity contribution is 9.14. The number of benzene rings is 2. The number of ketones is 2. The Morgan fingerprint density at radius 1 is 0.682 bits per heavy atom. The third-order valence-corrected chi connectivity index (χ3v) is 7.57. The van der Waals surface area contributed by atoms with Gasteiger partial charge in [0.2, 0.25) is 0 Å². The number of fused-ring (bicyclic) bond motifs is 6. The van der Waals surface area contributed by atoms with E-state index < -0.39 is 0 Å². The van der Waals surface area contributed by atoms with Crippen LogP contribution in [0.3, 0.4) is 0 Å². The molecule has 2 aromatic carbocycles. The summed E-state index contributed by atoms with van der Waals surface area (Å²) in [5.41, 5.74) is 2.47. The van der Waals surface area contributed by atoms with Crippen LogP contribution in [-0.4, -0.2) is 11.6 Å². The van der Waals surface area contributed by atoms with Crippen LogP contribution in [0, 0.1) is 11.8 Å². The molecule has 5 rings (SSSR count). The van der Waals surface area contributed by atoms with E-state index >= 15 is 0 Å². The van der Waals surface area contributed by atoms with Crippen molar-refractivity contribution in [2.45, 2.75) is 11.8 Å². The van der Waals surface area contributed by atoms with Crippen LogP contribution in [0.5, 0.6) is 0 Å². The van der Waals surface area contributed by atoms with E-state index in [4.69, 9.17) is 0 Å². The summed E-state index contributed by atoms with van der Waals surface area (Å²) in [7, 11) is 0. The standard InChI is InChI=1S/C18H10Br2O2/c19-15-16(20)18(22)14-12-9-6-2-4-7-3-1-5-8(10(7)9)11(12)13(14)17(15)21/h1-6,11-14H/t11-,12+,13-,14+. The van der Waals surface area contributed by atoms with Gasteiger partial charge in [-0.15, -0.1) is 0 Å². The number of hydrogen-bond acceptors (Lipinski definition) is 2. The summed E-state index contributed by atoms with van der Waals surface area (Å²) in [6, 6.07) is 12.5. The van der Waals surface area contributed by atoms with Gasteiger partial charge in [0, 0.05) is 23.7 Å². The monoisotopic (exact) mass is 416 g/mol. The van der Waals surface area contributed by atoms with Gasteiger partial charge in [-0.25, -0.2) is 0 Å². The van der Waals surface area contributed by atoms with Gasteiger partial charge in [0.1, 0.15) is 0 Å². The molecular formula is C18H10Br2O2. The van der Waals surface area contributed by atoms with Gasteiger partial charge in [-0.3, -0.25) is 9.59 Å². The maximum absolute atomic E-state index is 12.7. The summed E-state index contributed by atoms with van der Waals surface area (Å²) < 4.78 is 0.806. The Hall–Kier alpha value is -1.26. The van der Waals surface area contributed by atoms with Crippen molar-refractivity contribution < 1.29 is 9.59 Å². The Bertz CT molecular complexity index is 857. The lowest BCUT2D eigenvalue weighted by Gasteiger charge is -2.49. The third kappa shape index (κ3) is 1.32. The predicted molar refractivity (Wildman–Crippen MR) is 91.3 cm³/mol. The lowest BCUT2D eigenvalue weighted by molar-refractivity contribution is -0.138. The van der Waals surface area contributed by atoms with Crippen molar-refractivity contribution >= 4 is 54.2 Å². The smallest absolute Gasteiger partial charge is 0.175 e. The highest BCUT2D eigenvalue weighted by Crippen LogP contribution is 2.67. The van der Waals surface area contributed by atoms with Crippen molar-refractivity contribution in [3.63, 3.8) is 0 Å². The average Bonchev–Trinajstić information content (AvgIpc) is 2.77. The summed E-state index contributed by atoms with van der Waals surface area (Å²) in [6.45, 7) is 0. The molecule has 0 bridgehead atoms. The SMILES string of the molecule is O=C1C(Br)=C(Br)C(=O)[C@H]2[C@@H]1[C@H]1c3cccc4cccc(c34)[C@@H]21. The molecule has 0 saturated heterocycles. The second-order valence-corrected chi connectivity index (χ2v) is 7.84. The molecule has 1 saturated carbocycles. The molecule has 3 aliphatic rings. The van der Waals surface area contributed by atoms with Gasteiger partial charge in [0.15, 0.2) is 11.6 Å². The topological polar surface area (TPSA) is 34.1 Å². The molecule has 0 spiro atoms. The van der Waals surface area contributed by atoms with Crippen LogP contribution >= 0.6 is 31.9 Å². The molecule has 2 aromatic rings. The fourth-order valence-corrected chi connectivity index (χ4v) is 5.56. The van der Waals surface area contributed by atoms with Crippen molar-refractivity contribution in [2.24, 2.45) is 11.8 Å². The fourth-order valence-electron chi connectivity index (χ4n) is 4.64. The normalized spacial score (nSPS) is 32.1. The second kappa shape index (κ2) is 4.18. The van der Waals surface area contributed by atoms with E-state index in [1.54, 1.807) is 0 Å². The molecular weight excluding hydrogens is 408 g/mol. The number of halogens is 2. The first-order valence-corrected chi connectivity index (χ1v) is 8.85. The van der Waals surface area contributed by atoms with E-state index in [2.05, 4.69) is 56.1 Å². The molecule has 3 aliphatic carbocycles. The Balaban J connectivity index is 1.78. The first-order valence-electron chi connectivity index (χ1n) is 7.26. The fraction of sp³-hybridized carbons (Fsp3) is 0.222. The van der Waals surface area contributed by atoms with E-state index in [0.29, 0.717) is 8.96 Å². The minimum Gasteiger partial charge on any atom is -0.293 e. The van der Waals surface area contributed by atoms with Crippen LogP contribution in [0.15, 0.2) is 45.4 Å². The molecule has 1 fully saturated rings. The van der Waals surface area contributed by atoms with Crippen molar-refractivity contribution in [2.75, 3.05) is 0 Å². The Morgan fingerprint density at radius 3 is 1.59 bits per heavy atom. The number of Topliss-reactive ketones (excluding diaryl/α,β-unsaturated/α-hetero) is 2. The summed E-state index contributed by atoms with van der Waals surface area (Å²) >= 11 is 6.59. The van der Waals surface area contributed by atoms with Gasteiger partial charge >= 0.3 is 0 Å². The van der Waals surface area contributed by atoms with Gasteiger partial charge in [0.25, 0.3) is 0 Å². The molecule has 108 valence electrons. The largest absolute Gasteiger partial charge is 0.293 e. The molecule has 22 heavy (non-hydrogen) atoms. The van der Waals surface area contributed by atoms with Crippen LogP contribution in [0.2, 0.25) is 0 Å². The molecule has 0 N–H and O–H groups in total. The minimum absolute atomic E-state index is 0.0579. The van der Waals surface area contributed by atoms with E-state index in [9.17, 15) is 9.59 Å². The molecule has 4 atom stereocenters. The van der Waals surface area contributed by atoms with Crippen LogP contribution in [0.25, 0.3) is 10.8 Å². The molecule has 0 heterocycles. The Labute approximate surface area is 143 Å². The van der Waals surface area contributed by atoms with Crippen LogP contribution in [0.4, 0.5) is 0 Å². The van der Waals surface area contributed by atoms with E-state index in [1.165, 1.54) is 21.9 Å². The lowest BCUT2D eigenvalue weighted by atomic mass is 9.51. The quantitative estimate of drug-likeness (QED) is 0.635. The van der Waals surface area contributed by atoms with Crippen molar-refractivity contribution in [3.8, 4) is 0 Å². The third-order valence-electron chi connectivity index (χ3n) is 5.47. The zero-order valence-electron chi connectivity index (χ0n) is 11.3. The predicted octanol–water partition coefficient (Wildman–Crippen LogP) is 4.42.